The monoisotopic (exact) mass is 363 g/mol. The molecule has 2 aliphatic heterocycles. The Labute approximate surface area is 159 Å². The highest BCUT2D eigenvalue weighted by Crippen LogP contribution is 2.42. The van der Waals surface area contributed by atoms with E-state index in [9.17, 15) is 4.39 Å². The molecule has 0 bridgehead atoms. The zero-order chi connectivity index (χ0) is 18.4. The van der Waals surface area contributed by atoms with Gasteiger partial charge in [-0.25, -0.2) is 9.37 Å². The summed E-state index contributed by atoms with van der Waals surface area (Å²) < 4.78 is 15.7. The van der Waals surface area contributed by atoms with Gasteiger partial charge in [-0.2, -0.15) is 0 Å². The van der Waals surface area contributed by atoms with Crippen LogP contribution in [0.1, 0.15) is 47.0 Å². The summed E-state index contributed by atoms with van der Waals surface area (Å²) in [5, 5.41) is 0. The topological polar surface area (TPSA) is 21.1 Å². The molecule has 0 N–H and O–H groups in total. The summed E-state index contributed by atoms with van der Waals surface area (Å²) in [5.74, 6) is 0. The highest BCUT2D eigenvalue weighted by Gasteiger charge is 2.35. The fourth-order valence-electron chi connectivity index (χ4n) is 4.95. The van der Waals surface area contributed by atoms with Crippen LogP contribution in [0.5, 0.6) is 0 Å². The first-order valence-corrected chi connectivity index (χ1v) is 10.1. The van der Waals surface area contributed by atoms with Crippen molar-refractivity contribution in [3.05, 3.63) is 64.5 Å². The van der Waals surface area contributed by atoms with E-state index < -0.39 is 6.67 Å². The number of aromatic nitrogens is 2. The van der Waals surface area contributed by atoms with Crippen LogP contribution in [0, 0.1) is 6.92 Å². The predicted molar refractivity (Wildman–Crippen MR) is 107 cm³/mol. The summed E-state index contributed by atoms with van der Waals surface area (Å²) in [5.41, 5.74) is 8.25. The van der Waals surface area contributed by atoms with Gasteiger partial charge < -0.3 is 4.57 Å². The number of benzene rings is 1. The van der Waals surface area contributed by atoms with Gasteiger partial charge in [0.2, 0.25) is 0 Å². The molecule has 0 aliphatic carbocycles. The Morgan fingerprint density at radius 2 is 1.96 bits per heavy atom. The second-order valence-corrected chi connectivity index (χ2v) is 8.00. The van der Waals surface area contributed by atoms with Crippen LogP contribution in [0.25, 0.3) is 11.0 Å². The zero-order valence-corrected chi connectivity index (χ0v) is 15.9. The summed E-state index contributed by atoms with van der Waals surface area (Å²) in [4.78, 5) is 7.33. The summed E-state index contributed by atoms with van der Waals surface area (Å²) >= 11 is 0. The lowest BCUT2D eigenvalue weighted by molar-refractivity contribution is 0.241. The van der Waals surface area contributed by atoms with Gasteiger partial charge in [0.25, 0.3) is 0 Å². The SMILES string of the molecule is Cc1ccc(CCn2c3c(c4nc(CF)ccc42)C2CCCN2CC3)cc1. The van der Waals surface area contributed by atoms with E-state index in [2.05, 4.69) is 46.7 Å². The minimum absolute atomic E-state index is 0.472. The molecule has 4 heteroatoms. The molecule has 1 fully saturated rings. The maximum atomic E-state index is 13.3. The van der Waals surface area contributed by atoms with Crippen molar-refractivity contribution in [1.29, 1.82) is 0 Å². The lowest BCUT2D eigenvalue weighted by Gasteiger charge is -2.30. The van der Waals surface area contributed by atoms with Gasteiger partial charge >= 0.3 is 0 Å². The number of pyridine rings is 1. The second-order valence-electron chi connectivity index (χ2n) is 8.00. The van der Waals surface area contributed by atoms with E-state index in [1.165, 1.54) is 47.3 Å². The van der Waals surface area contributed by atoms with Crippen molar-refractivity contribution in [2.24, 2.45) is 0 Å². The van der Waals surface area contributed by atoms with Gasteiger partial charge in [-0.3, -0.25) is 4.90 Å². The summed E-state index contributed by atoms with van der Waals surface area (Å²) in [6.07, 6.45) is 4.53. The van der Waals surface area contributed by atoms with E-state index in [4.69, 9.17) is 4.98 Å². The molecule has 4 heterocycles. The maximum Gasteiger partial charge on any atom is 0.131 e. The van der Waals surface area contributed by atoms with Crippen molar-refractivity contribution in [2.45, 2.75) is 51.9 Å². The number of hydrogen-bond acceptors (Lipinski definition) is 2. The Kier molecular flexibility index (Phi) is 4.24. The van der Waals surface area contributed by atoms with E-state index >= 15 is 0 Å². The van der Waals surface area contributed by atoms with Crippen molar-refractivity contribution in [1.82, 2.24) is 14.5 Å². The third-order valence-corrected chi connectivity index (χ3v) is 6.33. The van der Waals surface area contributed by atoms with Crippen LogP contribution in [-0.4, -0.2) is 27.5 Å². The Morgan fingerprint density at radius 3 is 2.78 bits per heavy atom. The van der Waals surface area contributed by atoms with Crippen molar-refractivity contribution in [3.8, 4) is 0 Å². The number of alkyl halides is 1. The zero-order valence-electron chi connectivity index (χ0n) is 15.9. The number of fused-ring (bicyclic) bond motifs is 5. The number of rotatable bonds is 4. The molecule has 3 nitrogen and oxygen atoms in total. The molecule has 0 spiro atoms. The minimum atomic E-state index is -0.492. The van der Waals surface area contributed by atoms with Crippen molar-refractivity contribution < 1.29 is 4.39 Å². The first kappa shape index (κ1) is 16.9. The van der Waals surface area contributed by atoms with E-state index in [1.54, 1.807) is 0 Å². The lowest BCUT2D eigenvalue weighted by Crippen LogP contribution is -2.31. The molecular weight excluding hydrogens is 337 g/mol. The molecule has 1 unspecified atom stereocenters. The number of nitrogens with zero attached hydrogens (tertiary/aromatic N) is 3. The van der Waals surface area contributed by atoms with Crippen molar-refractivity contribution >= 4 is 11.0 Å². The lowest BCUT2D eigenvalue weighted by atomic mass is 9.98. The fourth-order valence-corrected chi connectivity index (χ4v) is 4.95. The molecule has 1 aromatic carbocycles. The molecule has 0 amide bonds. The molecular formula is C23H26FN3. The first-order valence-electron chi connectivity index (χ1n) is 10.1. The van der Waals surface area contributed by atoms with Crippen LogP contribution >= 0.6 is 0 Å². The van der Waals surface area contributed by atoms with E-state index in [0.29, 0.717) is 11.7 Å². The highest BCUT2D eigenvalue weighted by molar-refractivity contribution is 5.83. The van der Waals surface area contributed by atoms with Crippen molar-refractivity contribution in [3.63, 3.8) is 0 Å². The number of halogens is 1. The quantitative estimate of drug-likeness (QED) is 0.667. The largest absolute Gasteiger partial charge is 0.343 e. The van der Waals surface area contributed by atoms with Gasteiger partial charge in [-0.05, 0) is 50.4 Å². The van der Waals surface area contributed by atoms with Gasteiger partial charge in [0, 0.05) is 36.8 Å². The normalized spacial score (nSPS) is 19.4. The van der Waals surface area contributed by atoms with Gasteiger partial charge in [0.05, 0.1) is 16.7 Å². The minimum Gasteiger partial charge on any atom is -0.343 e. The Morgan fingerprint density at radius 1 is 1.11 bits per heavy atom. The second kappa shape index (κ2) is 6.75. The average Bonchev–Trinajstić information content (AvgIpc) is 3.29. The van der Waals surface area contributed by atoms with Gasteiger partial charge in [0.1, 0.15) is 6.67 Å². The Bertz CT molecular complexity index is 973. The molecule has 140 valence electrons. The molecule has 2 aliphatic rings. The summed E-state index contributed by atoms with van der Waals surface area (Å²) in [6.45, 7) is 4.91. The van der Waals surface area contributed by atoms with Crippen LogP contribution in [0.3, 0.4) is 0 Å². The predicted octanol–water partition coefficient (Wildman–Crippen LogP) is 4.75. The molecule has 0 saturated carbocycles. The van der Waals surface area contributed by atoms with E-state index in [-0.39, 0.29) is 0 Å². The third-order valence-electron chi connectivity index (χ3n) is 6.33. The molecule has 27 heavy (non-hydrogen) atoms. The summed E-state index contributed by atoms with van der Waals surface area (Å²) in [7, 11) is 0. The van der Waals surface area contributed by atoms with Crippen LogP contribution in [0.2, 0.25) is 0 Å². The van der Waals surface area contributed by atoms with Crippen molar-refractivity contribution in [2.75, 3.05) is 13.1 Å². The van der Waals surface area contributed by atoms with Crippen LogP contribution in [0.15, 0.2) is 36.4 Å². The van der Waals surface area contributed by atoms with Crippen LogP contribution in [0.4, 0.5) is 4.39 Å². The Balaban J connectivity index is 1.58. The average molecular weight is 363 g/mol. The fraction of sp³-hybridized carbons (Fsp3) is 0.435. The van der Waals surface area contributed by atoms with E-state index in [0.717, 1.165) is 31.4 Å². The number of aryl methyl sites for hydroxylation is 3. The van der Waals surface area contributed by atoms with Gasteiger partial charge in [0.15, 0.2) is 0 Å². The Hall–Kier alpha value is -2.20. The van der Waals surface area contributed by atoms with Gasteiger partial charge in [-0.15, -0.1) is 0 Å². The third kappa shape index (κ3) is 2.87. The van der Waals surface area contributed by atoms with Gasteiger partial charge in [-0.1, -0.05) is 29.8 Å². The number of hydrogen-bond donors (Lipinski definition) is 0. The standard InChI is InChI=1S/C23H26FN3/c1-16-4-6-17(7-5-16)10-14-27-20-11-13-26-12-2-3-19(26)22(20)23-21(27)9-8-18(15-24)25-23/h4-9,19H,2-3,10-15H2,1H3. The smallest absolute Gasteiger partial charge is 0.131 e. The molecule has 1 atom stereocenters. The van der Waals surface area contributed by atoms with E-state index in [1.807, 2.05) is 6.07 Å². The molecule has 5 rings (SSSR count). The summed E-state index contributed by atoms with van der Waals surface area (Å²) in [6, 6.07) is 13.2. The molecule has 3 aromatic rings. The van der Waals surface area contributed by atoms with Crippen LogP contribution in [-0.2, 0) is 26.1 Å². The van der Waals surface area contributed by atoms with Crippen LogP contribution < -0.4 is 0 Å². The first-order chi connectivity index (χ1) is 13.2. The maximum absolute atomic E-state index is 13.3. The highest BCUT2D eigenvalue weighted by atomic mass is 19.1. The molecule has 0 radical (unpaired) electrons. The molecule has 2 aromatic heterocycles. The molecule has 1 saturated heterocycles.